The Labute approximate surface area is 72.4 Å². The third-order valence-corrected chi connectivity index (χ3v) is 1.10. The number of carbonyl (C=O) groups is 1. The number of halogens is 1. The largest absolute Gasteiger partial charge is 0.468 e. The standard InChI is InChI=1S/C6H13NO3.ClH/c1-6(7,4-9-2)5(8)10-3;/h4,7H2,1-3H3;1H. The van der Waals surface area contributed by atoms with Gasteiger partial charge in [-0.25, -0.2) is 4.79 Å². The molecule has 2 N–H and O–H groups in total. The van der Waals surface area contributed by atoms with Gasteiger partial charge in [-0.2, -0.15) is 0 Å². The molecule has 0 aliphatic rings. The van der Waals surface area contributed by atoms with E-state index < -0.39 is 11.5 Å². The van der Waals surface area contributed by atoms with E-state index in [0.717, 1.165) is 0 Å². The number of hydrogen-bond donors (Lipinski definition) is 1. The molecule has 0 aromatic heterocycles. The van der Waals surface area contributed by atoms with E-state index in [0.29, 0.717) is 0 Å². The molecule has 0 aromatic rings. The molecule has 0 saturated heterocycles. The Morgan fingerprint density at radius 3 is 2.27 bits per heavy atom. The number of hydrogen-bond acceptors (Lipinski definition) is 4. The second-order valence-electron chi connectivity index (χ2n) is 2.34. The van der Waals surface area contributed by atoms with Gasteiger partial charge < -0.3 is 15.2 Å². The van der Waals surface area contributed by atoms with Crippen molar-refractivity contribution in [3.05, 3.63) is 0 Å². The van der Waals surface area contributed by atoms with Crippen LogP contribution in [0.1, 0.15) is 6.92 Å². The van der Waals surface area contributed by atoms with Gasteiger partial charge in [0.2, 0.25) is 0 Å². The summed E-state index contributed by atoms with van der Waals surface area (Å²) < 4.78 is 9.13. The van der Waals surface area contributed by atoms with Gasteiger partial charge in [0.1, 0.15) is 5.54 Å². The summed E-state index contributed by atoms with van der Waals surface area (Å²) in [6.07, 6.45) is 0. The van der Waals surface area contributed by atoms with Crippen LogP contribution in [0.15, 0.2) is 0 Å². The van der Waals surface area contributed by atoms with Crippen LogP contribution in [0.25, 0.3) is 0 Å². The molecule has 0 aliphatic carbocycles. The summed E-state index contributed by atoms with van der Waals surface area (Å²) in [5.41, 5.74) is 4.46. The normalized spacial score (nSPS) is 14.5. The second-order valence-corrected chi connectivity index (χ2v) is 2.34. The first-order valence-electron chi connectivity index (χ1n) is 2.91. The summed E-state index contributed by atoms with van der Waals surface area (Å²) in [6.45, 7) is 1.72. The number of rotatable bonds is 3. The van der Waals surface area contributed by atoms with Crippen LogP contribution in [0, 0.1) is 0 Å². The molecular formula is C6H14ClNO3. The highest BCUT2D eigenvalue weighted by Gasteiger charge is 2.28. The highest BCUT2D eigenvalue weighted by molar-refractivity contribution is 5.85. The Hall–Kier alpha value is -0.320. The minimum absolute atomic E-state index is 0. The molecular weight excluding hydrogens is 170 g/mol. The lowest BCUT2D eigenvalue weighted by Gasteiger charge is -2.19. The lowest BCUT2D eigenvalue weighted by molar-refractivity contribution is -0.148. The Morgan fingerprint density at radius 2 is 2.00 bits per heavy atom. The van der Waals surface area contributed by atoms with E-state index in [2.05, 4.69) is 4.74 Å². The summed E-state index contributed by atoms with van der Waals surface area (Å²) in [7, 11) is 2.77. The van der Waals surface area contributed by atoms with Gasteiger partial charge in [0.15, 0.2) is 0 Å². The van der Waals surface area contributed by atoms with Gasteiger partial charge in [-0.1, -0.05) is 0 Å². The van der Waals surface area contributed by atoms with Gasteiger partial charge in [0.05, 0.1) is 13.7 Å². The summed E-state index contributed by atoms with van der Waals surface area (Å²) in [5, 5.41) is 0. The van der Waals surface area contributed by atoms with E-state index in [1.807, 2.05) is 0 Å². The topological polar surface area (TPSA) is 61.5 Å². The van der Waals surface area contributed by atoms with Crippen molar-refractivity contribution >= 4 is 18.4 Å². The maximum absolute atomic E-state index is 10.8. The van der Waals surface area contributed by atoms with Crippen molar-refractivity contribution in [2.45, 2.75) is 12.5 Å². The maximum atomic E-state index is 10.8. The maximum Gasteiger partial charge on any atom is 0.327 e. The van der Waals surface area contributed by atoms with Crippen LogP contribution in [0.2, 0.25) is 0 Å². The van der Waals surface area contributed by atoms with Gasteiger partial charge in [0, 0.05) is 7.11 Å². The lowest BCUT2D eigenvalue weighted by atomic mass is 10.1. The van der Waals surface area contributed by atoms with Crippen molar-refractivity contribution in [2.75, 3.05) is 20.8 Å². The SMILES string of the molecule is COCC(C)(N)C(=O)OC.Cl. The smallest absolute Gasteiger partial charge is 0.327 e. The van der Waals surface area contributed by atoms with Crippen LogP contribution in [-0.2, 0) is 14.3 Å². The van der Waals surface area contributed by atoms with Crippen LogP contribution in [0.5, 0.6) is 0 Å². The molecule has 0 aliphatic heterocycles. The zero-order valence-electron chi connectivity index (χ0n) is 6.92. The number of carbonyl (C=O) groups excluding carboxylic acids is 1. The third-order valence-electron chi connectivity index (χ3n) is 1.10. The molecule has 5 heteroatoms. The van der Waals surface area contributed by atoms with Crippen LogP contribution in [0.4, 0.5) is 0 Å². The first kappa shape index (κ1) is 13.3. The minimum atomic E-state index is -1.02. The molecule has 0 spiro atoms. The quantitative estimate of drug-likeness (QED) is 0.623. The van der Waals surface area contributed by atoms with E-state index >= 15 is 0 Å². The average Bonchev–Trinajstić information content (AvgIpc) is 1.86. The zero-order valence-corrected chi connectivity index (χ0v) is 7.73. The number of ether oxygens (including phenoxy) is 2. The fourth-order valence-electron chi connectivity index (χ4n) is 0.592. The second kappa shape index (κ2) is 5.35. The van der Waals surface area contributed by atoms with E-state index in [1.54, 1.807) is 6.92 Å². The molecule has 1 atom stereocenters. The Balaban J connectivity index is 0. The summed E-state index contributed by atoms with van der Waals surface area (Å²) >= 11 is 0. The summed E-state index contributed by atoms with van der Waals surface area (Å²) in [4.78, 5) is 10.8. The lowest BCUT2D eigenvalue weighted by Crippen LogP contribution is -2.49. The Morgan fingerprint density at radius 1 is 1.55 bits per heavy atom. The van der Waals surface area contributed by atoms with Crippen LogP contribution >= 0.6 is 12.4 Å². The Kier molecular flexibility index (Phi) is 6.46. The van der Waals surface area contributed by atoms with E-state index in [-0.39, 0.29) is 19.0 Å². The predicted octanol–water partition coefficient (Wildman–Crippen LogP) is -0.0550. The van der Waals surface area contributed by atoms with E-state index in [1.165, 1.54) is 14.2 Å². The van der Waals surface area contributed by atoms with Crippen LogP contribution < -0.4 is 5.73 Å². The fourth-order valence-corrected chi connectivity index (χ4v) is 0.592. The highest BCUT2D eigenvalue weighted by atomic mass is 35.5. The molecule has 0 fully saturated rings. The molecule has 0 aromatic carbocycles. The molecule has 0 radical (unpaired) electrons. The van der Waals surface area contributed by atoms with Crippen molar-refractivity contribution in [3.63, 3.8) is 0 Å². The number of esters is 1. The van der Waals surface area contributed by atoms with Crippen LogP contribution in [-0.4, -0.2) is 32.3 Å². The molecule has 0 saturated carbocycles. The molecule has 1 unspecified atom stereocenters. The van der Waals surface area contributed by atoms with Gasteiger partial charge in [-0.15, -0.1) is 12.4 Å². The van der Waals surface area contributed by atoms with Crippen molar-refractivity contribution < 1.29 is 14.3 Å². The minimum Gasteiger partial charge on any atom is -0.468 e. The van der Waals surface area contributed by atoms with Crippen molar-refractivity contribution in [1.82, 2.24) is 0 Å². The van der Waals surface area contributed by atoms with Crippen molar-refractivity contribution in [1.29, 1.82) is 0 Å². The summed E-state index contributed by atoms with van der Waals surface area (Å²) in [6, 6.07) is 0. The van der Waals surface area contributed by atoms with E-state index in [9.17, 15) is 4.79 Å². The molecule has 4 nitrogen and oxygen atoms in total. The van der Waals surface area contributed by atoms with Gasteiger partial charge in [0.25, 0.3) is 0 Å². The summed E-state index contributed by atoms with van der Waals surface area (Å²) in [5.74, 6) is -0.464. The van der Waals surface area contributed by atoms with Gasteiger partial charge in [-0.05, 0) is 6.92 Å². The molecule has 0 heterocycles. The van der Waals surface area contributed by atoms with Crippen LogP contribution in [0.3, 0.4) is 0 Å². The van der Waals surface area contributed by atoms with Crippen molar-refractivity contribution in [2.24, 2.45) is 5.73 Å². The number of nitrogens with two attached hydrogens (primary N) is 1. The fraction of sp³-hybridized carbons (Fsp3) is 0.833. The van der Waals surface area contributed by atoms with Gasteiger partial charge in [-0.3, -0.25) is 0 Å². The highest BCUT2D eigenvalue weighted by Crippen LogP contribution is 2.00. The predicted molar refractivity (Wildman–Crippen MR) is 43.7 cm³/mol. The molecule has 0 amide bonds. The van der Waals surface area contributed by atoms with E-state index in [4.69, 9.17) is 10.5 Å². The monoisotopic (exact) mass is 183 g/mol. The average molecular weight is 184 g/mol. The van der Waals surface area contributed by atoms with Gasteiger partial charge >= 0.3 is 5.97 Å². The number of methoxy groups -OCH3 is 2. The molecule has 0 rings (SSSR count). The molecule has 11 heavy (non-hydrogen) atoms. The molecule has 68 valence electrons. The Bertz CT molecular complexity index is 127. The third kappa shape index (κ3) is 4.19. The zero-order chi connectivity index (χ0) is 8.20. The first-order valence-corrected chi connectivity index (χ1v) is 2.91. The van der Waals surface area contributed by atoms with Crippen molar-refractivity contribution in [3.8, 4) is 0 Å². The first-order chi connectivity index (χ1) is 4.54. The molecule has 0 bridgehead atoms.